The van der Waals surface area contributed by atoms with Crippen LogP contribution < -0.4 is 0 Å². The van der Waals surface area contributed by atoms with E-state index in [1.54, 1.807) is 18.2 Å². The van der Waals surface area contributed by atoms with Gasteiger partial charge in [-0.2, -0.15) is 0 Å². The van der Waals surface area contributed by atoms with Gasteiger partial charge in [0.25, 0.3) is 0 Å². The maximum Gasteiger partial charge on any atom is 0.193 e. The standard InChI is InChI=1S/C12H9BrClFO/c13-10(11-5-6-12(14)16-11)7-8-1-3-9(15)4-2-8/h1-6,10H,7H2. The van der Waals surface area contributed by atoms with Gasteiger partial charge in [0.05, 0.1) is 4.83 Å². The minimum absolute atomic E-state index is 0.0467. The minimum atomic E-state index is -0.226. The summed E-state index contributed by atoms with van der Waals surface area (Å²) in [5.74, 6) is 0.547. The summed E-state index contributed by atoms with van der Waals surface area (Å²) in [7, 11) is 0. The Morgan fingerprint density at radius 3 is 2.44 bits per heavy atom. The Balaban J connectivity index is 2.07. The molecule has 0 fully saturated rings. The average molecular weight is 304 g/mol. The average Bonchev–Trinajstić information content (AvgIpc) is 2.68. The molecule has 0 amide bonds. The van der Waals surface area contributed by atoms with Crippen LogP contribution in [0.5, 0.6) is 0 Å². The SMILES string of the molecule is Fc1ccc(CC(Br)c2ccc(Cl)o2)cc1. The quantitative estimate of drug-likeness (QED) is 0.746. The molecule has 0 radical (unpaired) electrons. The fourth-order valence-corrected chi connectivity index (χ4v) is 2.20. The van der Waals surface area contributed by atoms with E-state index in [-0.39, 0.29) is 10.6 Å². The Morgan fingerprint density at radius 1 is 1.19 bits per heavy atom. The number of hydrogen-bond acceptors (Lipinski definition) is 1. The molecule has 16 heavy (non-hydrogen) atoms. The highest BCUT2D eigenvalue weighted by Gasteiger charge is 2.12. The number of halogens is 3. The largest absolute Gasteiger partial charge is 0.449 e. The fraction of sp³-hybridized carbons (Fsp3) is 0.167. The van der Waals surface area contributed by atoms with E-state index in [0.29, 0.717) is 5.22 Å². The number of rotatable bonds is 3. The second-order valence-electron chi connectivity index (χ2n) is 3.44. The van der Waals surface area contributed by atoms with Crippen molar-refractivity contribution in [2.45, 2.75) is 11.2 Å². The first-order valence-electron chi connectivity index (χ1n) is 4.79. The molecule has 1 atom stereocenters. The Bertz CT molecular complexity index is 466. The van der Waals surface area contributed by atoms with Crippen molar-refractivity contribution < 1.29 is 8.81 Å². The van der Waals surface area contributed by atoms with Crippen molar-refractivity contribution >= 4 is 27.5 Å². The van der Waals surface area contributed by atoms with Crippen LogP contribution in [0.2, 0.25) is 5.22 Å². The van der Waals surface area contributed by atoms with Crippen LogP contribution in [0.3, 0.4) is 0 Å². The summed E-state index contributed by atoms with van der Waals surface area (Å²) in [6.45, 7) is 0. The van der Waals surface area contributed by atoms with Gasteiger partial charge in [-0.25, -0.2) is 4.39 Å². The maximum atomic E-state index is 12.7. The molecule has 0 aliphatic rings. The normalized spacial score (nSPS) is 12.7. The van der Waals surface area contributed by atoms with E-state index in [0.717, 1.165) is 17.7 Å². The molecule has 1 heterocycles. The molecule has 1 unspecified atom stereocenters. The smallest absolute Gasteiger partial charge is 0.193 e. The number of furan rings is 1. The molecule has 0 spiro atoms. The monoisotopic (exact) mass is 302 g/mol. The third-order valence-corrected chi connectivity index (χ3v) is 3.21. The second kappa shape index (κ2) is 5.02. The zero-order valence-electron chi connectivity index (χ0n) is 8.29. The van der Waals surface area contributed by atoms with Crippen LogP contribution in [0.15, 0.2) is 40.8 Å². The second-order valence-corrected chi connectivity index (χ2v) is 4.92. The summed E-state index contributed by atoms with van der Waals surface area (Å²) in [6.07, 6.45) is 0.726. The molecule has 1 aromatic carbocycles. The van der Waals surface area contributed by atoms with Gasteiger partial charge in [-0.3, -0.25) is 0 Å². The van der Waals surface area contributed by atoms with Gasteiger partial charge in [-0.05, 0) is 47.9 Å². The third kappa shape index (κ3) is 2.86. The predicted molar refractivity (Wildman–Crippen MR) is 65.5 cm³/mol. The topological polar surface area (TPSA) is 13.1 Å². The van der Waals surface area contributed by atoms with Crippen molar-refractivity contribution in [2.75, 3.05) is 0 Å². The molecule has 0 bridgehead atoms. The first kappa shape index (κ1) is 11.7. The first-order chi connectivity index (χ1) is 7.65. The molecule has 2 rings (SSSR count). The molecule has 0 aliphatic heterocycles. The molecule has 1 nitrogen and oxygen atoms in total. The summed E-state index contributed by atoms with van der Waals surface area (Å²) in [4.78, 5) is 0.0467. The summed E-state index contributed by atoms with van der Waals surface area (Å²) in [5, 5.41) is 0.374. The van der Waals surface area contributed by atoms with E-state index in [1.165, 1.54) is 12.1 Å². The van der Waals surface area contributed by atoms with Crippen molar-refractivity contribution in [2.24, 2.45) is 0 Å². The van der Waals surface area contributed by atoms with Crippen LogP contribution in [0.25, 0.3) is 0 Å². The third-order valence-electron chi connectivity index (χ3n) is 2.23. The Kier molecular flexibility index (Phi) is 3.66. The van der Waals surface area contributed by atoms with Crippen molar-refractivity contribution in [3.05, 3.63) is 58.8 Å². The lowest BCUT2D eigenvalue weighted by atomic mass is 10.1. The Hall–Kier alpha value is -0.800. The van der Waals surface area contributed by atoms with Crippen molar-refractivity contribution in [3.63, 3.8) is 0 Å². The molecule has 0 saturated carbocycles. The van der Waals surface area contributed by atoms with E-state index in [2.05, 4.69) is 15.9 Å². The van der Waals surface area contributed by atoms with Crippen molar-refractivity contribution in [1.82, 2.24) is 0 Å². The highest BCUT2D eigenvalue weighted by Crippen LogP contribution is 2.29. The minimum Gasteiger partial charge on any atom is -0.449 e. The van der Waals surface area contributed by atoms with E-state index in [9.17, 15) is 4.39 Å². The van der Waals surface area contributed by atoms with Crippen LogP contribution >= 0.6 is 27.5 Å². The molecular formula is C12H9BrClFO. The van der Waals surface area contributed by atoms with Gasteiger partial charge in [0.2, 0.25) is 0 Å². The lowest BCUT2D eigenvalue weighted by Gasteiger charge is -2.06. The molecule has 0 N–H and O–H groups in total. The molecule has 0 aliphatic carbocycles. The van der Waals surface area contributed by atoms with E-state index >= 15 is 0 Å². The van der Waals surface area contributed by atoms with Gasteiger partial charge < -0.3 is 4.42 Å². The van der Waals surface area contributed by atoms with Crippen molar-refractivity contribution in [3.8, 4) is 0 Å². The zero-order valence-corrected chi connectivity index (χ0v) is 10.6. The maximum absolute atomic E-state index is 12.7. The summed E-state index contributed by atoms with van der Waals surface area (Å²) < 4.78 is 18.0. The van der Waals surface area contributed by atoms with Crippen molar-refractivity contribution in [1.29, 1.82) is 0 Å². The lowest BCUT2D eigenvalue weighted by Crippen LogP contribution is -1.93. The van der Waals surface area contributed by atoms with E-state index in [4.69, 9.17) is 16.0 Å². The van der Waals surface area contributed by atoms with Crippen LogP contribution in [0.1, 0.15) is 16.2 Å². The molecule has 84 valence electrons. The van der Waals surface area contributed by atoms with Crippen LogP contribution in [-0.4, -0.2) is 0 Å². The lowest BCUT2D eigenvalue weighted by molar-refractivity contribution is 0.508. The van der Waals surface area contributed by atoms with Crippen LogP contribution in [0, 0.1) is 5.82 Å². The summed E-state index contributed by atoms with van der Waals surface area (Å²) >= 11 is 9.20. The number of hydrogen-bond donors (Lipinski definition) is 0. The van der Waals surface area contributed by atoms with Gasteiger partial charge in [0.1, 0.15) is 11.6 Å². The molecule has 0 saturated heterocycles. The first-order valence-corrected chi connectivity index (χ1v) is 6.08. The summed E-state index contributed by atoms with van der Waals surface area (Å²) in [6, 6.07) is 9.94. The summed E-state index contributed by atoms with van der Waals surface area (Å²) in [5.41, 5.74) is 1.04. The van der Waals surface area contributed by atoms with Gasteiger partial charge in [-0.1, -0.05) is 28.1 Å². The van der Waals surface area contributed by atoms with Crippen LogP contribution in [0.4, 0.5) is 4.39 Å². The van der Waals surface area contributed by atoms with E-state index < -0.39 is 0 Å². The molecule has 2 aromatic rings. The Morgan fingerprint density at radius 2 is 1.88 bits per heavy atom. The number of benzene rings is 1. The predicted octanol–water partition coefficient (Wildman–Crippen LogP) is 4.75. The van der Waals surface area contributed by atoms with Gasteiger partial charge in [-0.15, -0.1) is 0 Å². The van der Waals surface area contributed by atoms with E-state index in [1.807, 2.05) is 6.07 Å². The zero-order chi connectivity index (χ0) is 11.5. The molecule has 4 heteroatoms. The van der Waals surface area contributed by atoms with Gasteiger partial charge in [0, 0.05) is 0 Å². The van der Waals surface area contributed by atoms with Gasteiger partial charge >= 0.3 is 0 Å². The molecular weight excluding hydrogens is 294 g/mol. The highest BCUT2D eigenvalue weighted by molar-refractivity contribution is 9.09. The highest BCUT2D eigenvalue weighted by atomic mass is 79.9. The molecule has 1 aromatic heterocycles. The van der Waals surface area contributed by atoms with Gasteiger partial charge in [0.15, 0.2) is 5.22 Å². The fourth-order valence-electron chi connectivity index (χ4n) is 1.42. The Labute approximate surface area is 106 Å². The number of alkyl halides is 1. The van der Waals surface area contributed by atoms with Crippen LogP contribution in [-0.2, 0) is 6.42 Å².